The lowest BCUT2D eigenvalue weighted by atomic mass is 9.97. The Morgan fingerprint density at radius 2 is 1.92 bits per heavy atom. The van der Waals surface area contributed by atoms with Crippen LogP contribution in [0.15, 0.2) is 42.6 Å². The highest BCUT2D eigenvalue weighted by Crippen LogP contribution is 2.20. The first-order valence-electron chi connectivity index (χ1n) is 7.90. The van der Waals surface area contributed by atoms with Crippen LogP contribution in [-0.4, -0.2) is 23.1 Å². The standard InChI is InChI=1S/C19H24N2O3/c1-13(17-10-9-16(24-4)12-20-17)21-18(22)11-14-5-7-15(8-6-14)19(2,3)23/h5-10,12-13,23H,11H2,1-4H3,(H,21,22)/t13-/m1/s1. The maximum absolute atomic E-state index is 12.2. The minimum Gasteiger partial charge on any atom is -0.495 e. The van der Waals surface area contributed by atoms with Crippen LogP contribution < -0.4 is 10.1 Å². The fraction of sp³-hybridized carbons (Fsp3) is 0.368. The molecule has 1 amide bonds. The van der Waals surface area contributed by atoms with Gasteiger partial charge in [-0.15, -0.1) is 0 Å². The number of hydrogen-bond acceptors (Lipinski definition) is 4. The first kappa shape index (κ1) is 17.9. The van der Waals surface area contributed by atoms with Gasteiger partial charge in [-0.2, -0.15) is 0 Å². The van der Waals surface area contributed by atoms with E-state index < -0.39 is 5.60 Å². The van der Waals surface area contributed by atoms with E-state index in [2.05, 4.69) is 10.3 Å². The molecule has 2 rings (SSSR count). The van der Waals surface area contributed by atoms with Crippen LogP contribution in [0.5, 0.6) is 5.75 Å². The maximum Gasteiger partial charge on any atom is 0.224 e. The van der Waals surface area contributed by atoms with Crippen molar-refractivity contribution in [1.82, 2.24) is 10.3 Å². The molecule has 0 saturated heterocycles. The Morgan fingerprint density at radius 1 is 1.25 bits per heavy atom. The summed E-state index contributed by atoms with van der Waals surface area (Å²) in [4.78, 5) is 16.5. The number of benzene rings is 1. The second-order valence-electron chi connectivity index (χ2n) is 6.34. The molecule has 5 heteroatoms. The molecule has 5 nitrogen and oxygen atoms in total. The molecule has 2 N–H and O–H groups in total. The Balaban J connectivity index is 1.94. The smallest absolute Gasteiger partial charge is 0.224 e. The lowest BCUT2D eigenvalue weighted by Gasteiger charge is -2.18. The second-order valence-corrected chi connectivity index (χ2v) is 6.34. The van der Waals surface area contributed by atoms with E-state index in [9.17, 15) is 9.90 Å². The van der Waals surface area contributed by atoms with Crippen molar-refractivity contribution in [3.05, 3.63) is 59.4 Å². The zero-order valence-electron chi connectivity index (χ0n) is 14.5. The van der Waals surface area contributed by atoms with E-state index >= 15 is 0 Å². The summed E-state index contributed by atoms with van der Waals surface area (Å²) >= 11 is 0. The quantitative estimate of drug-likeness (QED) is 0.855. The molecule has 0 radical (unpaired) electrons. The number of methoxy groups -OCH3 is 1. The highest BCUT2D eigenvalue weighted by molar-refractivity contribution is 5.78. The first-order chi connectivity index (χ1) is 11.3. The molecule has 0 bridgehead atoms. The van der Waals surface area contributed by atoms with Gasteiger partial charge in [-0.1, -0.05) is 24.3 Å². The Morgan fingerprint density at radius 3 is 2.42 bits per heavy atom. The number of pyridine rings is 1. The number of amides is 1. The summed E-state index contributed by atoms with van der Waals surface area (Å²) in [5.74, 6) is 0.611. The number of aliphatic hydroxyl groups is 1. The van der Waals surface area contributed by atoms with E-state index in [1.165, 1.54) is 0 Å². The number of carbonyl (C=O) groups is 1. The molecule has 0 aliphatic rings. The van der Waals surface area contributed by atoms with Crippen LogP contribution in [0.1, 0.15) is 43.6 Å². The maximum atomic E-state index is 12.2. The van der Waals surface area contributed by atoms with Crippen molar-refractivity contribution in [1.29, 1.82) is 0 Å². The van der Waals surface area contributed by atoms with E-state index in [1.807, 2.05) is 43.3 Å². The highest BCUT2D eigenvalue weighted by Gasteiger charge is 2.16. The largest absolute Gasteiger partial charge is 0.495 e. The molecule has 2 aromatic rings. The van der Waals surface area contributed by atoms with Gasteiger partial charge in [0.25, 0.3) is 0 Å². The van der Waals surface area contributed by atoms with Gasteiger partial charge in [0.05, 0.1) is 37.1 Å². The van der Waals surface area contributed by atoms with Gasteiger partial charge >= 0.3 is 0 Å². The van der Waals surface area contributed by atoms with Crippen molar-refractivity contribution in [2.75, 3.05) is 7.11 Å². The summed E-state index contributed by atoms with van der Waals surface area (Å²) < 4.78 is 5.07. The van der Waals surface area contributed by atoms with Gasteiger partial charge < -0.3 is 15.2 Å². The molecular formula is C19H24N2O3. The second kappa shape index (κ2) is 7.45. The minimum atomic E-state index is -0.880. The van der Waals surface area contributed by atoms with E-state index in [0.717, 1.165) is 16.8 Å². The van der Waals surface area contributed by atoms with Crippen molar-refractivity contribution in [2.24, 2.45) is 0 Å². The molecule has 0 aliphatic heterocycles. The van der Waals surface area contributed by atoms with Gasteiger partial charge in [-0.05, 0) is 44.0 Å². The van der Waals surface area contributed by atoms with Crippen LogP contribution in [0.2, 0.25) is 0 Å². The summed E-state index contributed by atoms with van der Waals surface area (Å²) in [5.41, 5.74) is 1.62. The summed E-state index contributed by atoms with van der Waals surface area (Å²) in [5, 5.41) is 12.9. The number of nitrogens with zero attached hydrogens (tertiary/aromatic N) is 1. The molecule has 24 heavy (non-hydrogen) atoms. The Hall–Kier alpha value is -2.40. The topological polar surface area (TPSA) is 71.5 Å². The van der Waals surface area contributed by atoms with Crippen LogP contribution in [0.4, 0.5) is 0 Å². The van der Waals surface area contributed by atoms with Crippen molar-refractivity contribution in [2.45, 2.75) is 38.8 Å². The number of carbonyl (C=O) groups excluding carboxylic acids is 1. The van der Waals surface area contributed by atoms with Crippen molar-refractivity contribution >= 4 is 5.91 Å². The third-order valence-corrected chi connectivity index (χ3v) is 3.84. The molecule has 1 aromatic heterocycles. The predicted molar refractivity (Wildman–Crippen MR) is 92.7 cm³/mol. The third-order valence-electron chi connectivity index (χ3n) is 3.84. The zero-order chi connectivity index (χ0) is 17.7. The van der Waals surface area contributed by atoms with Crippen LogP contribution >= 0.6 is 0 Å². The van der Waals surface area contributed by atoms with Gasteiger partial charge in [-0.3, -0.25) is 9.78 Å². The predicted octanol–water partition coefficient (Wildman–Crippen LogP) is 2.74. The van der Waals surface area contributed by atoms with Gasteiger partial charge in [0.15, 0.2) is 0 Å². The van der Waals surface area contributed by atoms with Crippen molar-refractivity contribution in [3.8, 4) is 5.75 Å². The summed E-state index contributed by atoms with van der Waals surface area (Å²) in [6.45, 7) is 5.36. The first-order valence-corrected chi connectivity index (χ1v) is 7.90. The lowest BCUT2D eigenvalue weighted by molar-refractivity contribution is -0.121. The molecule has 1 heterocycles. The van der Waals surface area contributed by atoms with Crippen LogP contribution in [0.3, 0.4) is 0 Å². The van der Waals surface area contributed by atoms with Gasteiger partial charge in [0.1, 0.15) is 5.75 Å². The molecule has 1 aromatic carbocycles. The Bertz CT molecular complexity index is 673. The van der Waals surface area contributed by atoms with Crippen molar-refractivity contribution < 1.29 is 14.6 Å². The number of ether oxygens (including phenoxy) is 1. The van der Waals surface area contributed by atoms with Crippen LogP contribution in [0, 0.1) is 0 Å². The van der Waals surface area contributed by atoms with E-state index in [-0.39, 0.29) is 18.4 Å². The molecule has 0 aliphatic carbocycles. The van der Waals surface area contributed by atoms with Gasteiger partial charge in [-0.25, -0.2) is 0 Å². The normalized spacial score (nSPS) is 12.5. The lowest BCUT2D eigenvalue weighted by Crippen LogP contribution is -2.28. The number of hydrogen-bond donors (Lipinski definition) is 2. The van der Waals surface area contributed by atoms with Gasteiger partial charge in [0, 0.05) is 0 Å². The van der Waals surface area contributed by atoms with Gasteiger partial charge in [0.2, 0.25) is 5.91 Å². The fourth-order valence-corrected chi connectivity index (χ4v) is 2.35. The van der Waals surface area contributed by atoms with Crippen LogP contribution in [-0.2, 0) is 16.8 Å². The fourth-order valence-electron chi connectivity index (χ4n) is 2.35. The average molecular weight is 328 g/mol. The average Bonchev–Trinajstić information content (AvgIpc) is 2.54. The Labute approximate surface area is 142 Å². The molecule has 1 atom stereocenters. The summed E-state index contributed by atoms with van der Waals surface area (Å²) in [6.07, 6.45) is 1.92. The molecule has 0 saturated carbocycles. The molecule has 0 fully saturated rings. The SMILES string of the molecule is COc1ccc([C@@H](C)NC(=O)Cc2ccc(C(C)(C)O)cc2)nc1. The number of aromatic nitrogens is 1. The summed E-state index contributed by atoms with van der Waals surface area (Å²) in [7, 11) is 1.59. The third kappa shape index (κ3) is 4.80. The highest BCUT2D eigenvalue weighted by atomic mass is 16.5. The Kier molecular flexibility index (Phi) is 5.57. The van der Waals surface area contributed by atoms with E-state index in [0.29, 0.717) is 5.75 Å². The molecule has 0 spiro atoms. The molecule has 128 valence electrons. The van der Waals surface area contributed by atoms with Crippen molar-refractivity contribution in [3.63, 3.8) is 0 Å². The monoisotopic (exact) mass is 328 g/mol. The molecular weight excluding hydrogens is 304 g/mol. The number of nitrogens with one attached hydrogen (secondary N) is 1. The van der Waals surface area contributed by atoms with E-state index in [4.69, 9.17) is 4.74 Å². The zero-order valence-corrected chi connectivity index (χ0v) is 14.5. The minimum absolute atomic E-state index is 0.0730. The number of rotatable bonds is 6. The van der Waals surface area contributed by atoms with Crippen LogP contribution in [0.25, 0.3) is 0 Å². The molecule has 0 unspecified atom stereocenters. The van der Waals surface area contributed by atoms with E-state index in [1.54, 1.807) is 27.2 Å². The summed E-state index contributed by atoms with van der Waals surface area (Å²) in [6, 6.07) is 10.9.